The molecule has 0 spiro atoms. The minimum absolute atomic E-state index is 0.0537. The number of carbonyl (C=O) groups excluding carboxylic acids is 2. The fourth-order valence-electron chi connectivity index (χ4n) is 5.04. The van der Waals surface area contributed by atoms with Crippen LogP contribution in [0.15, 0.2) is 60.4 Å². The van der Waals surface area contributed by atoms with Crippen LogP contribution in [0.1, 0.15) is 11.5 Å². The summed E-state index contributed by atoms with van der Waals surface area (Å²) in [5, 5.41) is 39.6. The summed E-state index contributed by atoms with van der Waals surface area (Å²) in [6, 6.07) is 5.68. The lowest BCUT2D eigenvalue weighted by molar-refractivity contribution is -0.150. The van der Waals surface area contributed by atoms with Gasteiger partial charge >= 0.3 is 12.1 Å². The number of carboxylic acids is 1. The molecule has 0 saturated carbocycles. The van der Waals surface area contributed by atoms with Gasteiger partial charge in [0.05, 0.1) is 11.6 Å². The first-order valence-electron chi connectivity index (χ1n) is 14.3. The molecule has 2 atom stereocenters. The smallest absolute Gasteiger partial charge is 0.412 e. The van der Waals surface area contributed by atoms with Gasteiger partial charge in [0.15, 0.2) is 20.9 Å². The highest BCUT2D eigenvalue weighted by Crippen LogP contribution is 2.42. The summed E-state index contributed by atoms with van der Waals surface area (Å²) in [5.74, 6) is -1.88. The Morgan fingerprint density at radius 1 is 1.28 bits per heavy atom. The lowest BCUT2D eigenvalue weighted by atomic mass is 10.0. The van der Waals surface area contributed by atoms with Gasteiger partial charge in [-0.15, -0.1) is 33.3 Å². The molecule has 1 saturated heterocycles. The third kappa shape index (κ3) is 7.12. The Hall–Kier alpha value is -4.70. The van der Waals surface area contributed by atoms with Gasteiger partial charge in [-0.1, -0.05) is 63.2 Å². The zero-order valence-corrected chi connectivity index (χ0v) is 29.5. The number of hydrogen-bond acceptors (Lipinski definition) is 16. The maximum absolute atomic E-state index is 13.5. The number of aliphatic carboxylic acids is 1. The van der Waals surface area contributed by atoms with Crippen LogP contribution < -0.4 is 16.0 Å². The van der Waals surface area contributed by atoms with Gasteiger partial charge in [-0.2, -0.15) is 0 Å². The van der Waals surface area contributed by atoms with Crippen molar-refractivity contribution in [3.8, 4) is 11.3 Å². The summed E-state index contributed by atoms with van der Waals surface area (Å²) in [4.78, 5) is 63.0. The fourth-order valence-corrected chi connectivity index (χ4v) is 8.79. The van der Waals surface area contributed by atoms with Crippen LogP contribution in [-0.2, 0) is 19.2 Å². The highest BCUT2D eigenvalue weighted by atomic mass is 35.5. The molecule has 3 amide bonds. The van der Waals surface area contributed by atoms with Crippen molar-refractivity contribution in [3.63, 3.8) is 0 Å². The summed E-state index contributed by atoms with van der Waals surface area (Å²) in [5.41, 5.74) is 8.32. The van der Waals surface area contributed by atoms with Gasteiger partial charge in [0, 0.05) is 22.4 Å². The Kier molecular flexibility index (Phi) is 10.6. The van der Waals surface area contributed by atoms with E-state index in [-0.39, 0.29) is 52.5 Å². The number of fused-ring (bicyclic) bond motifs is 1. The number of oxime groups is 1. The molecule has 0 aliphatic carbocycles. The largest absolute Gasteiger partial charge is 0.477 e. The van der Waals surface area contributed by atoms with Crippen molar-refractivity contribution < 1.29 is 38.8 Å². The van der Waals surface area contributed by atoms with Crippen LogP contribution in [0.3, 0.4) is 0 Å². The number of carbonyl (C=O) groups is 4. The van der Waals surface area contributed by atoms with Crippen molar-refractivity contribution in [3.05, 3.63) is 62.9 Å². The number of aromatic nitrogens is 4. The molecule has 0 bridgehead atoms. The lowest BCUT2D eigenvalue weighted by Crippen LogP contribution is -2.71. The zero-order valence-electron chi connectivity index (χ0n) is 25.5. The molecule has 5 N–H and O–H groups in total. The Morgan fingerprint density at radius 2 is 2.08 bits per heavy atom. The van der Waals surface area contributed by atoms with Crippen molar-refractivity contribution in [2.45, 2.75) is 22.7 Å². The van der Waals surface area contributed by atoms with Crippen LogP contribution in [-0.4, -0.2) is 101 Å². The zero-order chi connectivity index (χ0) is 35.5. The molecule has 22 heteroatoms. The number of nitrogen functional groups attached to an aromatic ring is 1. The van der Waals surface area contributed by atoms with Crippen LogP contribution >= 0.6 is 57.8 Å². The highest BCUT2D eigenvalue weighted by Gasteiger charge is 2.54. The van der Waals surface area contributed by atoms with Gasteiger partial charge in [-0.25, -0.2) is 14.6 Å². The molecule has 260 valence electrons. The lowest BCUT2D eigenvalue weighted by Gasteiger charge is -2.49. The first kappa shape index (κ1) is 35.1. The molecule has 3 aromatic heterocycles. The molecule has 50 heavy (non-hydrogen) atoms. The number of amides is 3. The fraction of sp³-hybridized carbons (Fsp3) is 0.250. The maximum Gasteiger partial charge on any atom is 0.412 e. The second-order valence-electron chi connectivity index (χ2n) is 10.3. The van der Waals surface area contributed by atoms with E-state index in [0.29, 0.717) is 32.0 Å². The van der Waals surface area contributed by atoms with Gasteiger partial charge in [0.2, 0.25) is 0 Å². The van der Waals surface area contributed by atoms with E-state index in [1.807, 2.05) is 0 Å². The summed E-state index contributed by atoms with van der Waals surface area (Å²) in [6.45, 7) is 0.967. The van der Waals surface area contributed by atoms with E-state index in [1.54, 1.807) is 36.7 Å². The number of halogens is 1. The SMILES string of the molecule is Cc1onc(-c2ccccc2Cl)c1N(CCON=C(C(=O)NC1C(=O)N2C(C(=O)O)=C(CSc3nncs3)CS[C@@H]12)c1csc(N)n1)C(=O)O. The molecule has 1 fully saturated rings. The molecule has 17 nitrogen and oxygen atoms in total. The van der Waals surface area contributed by atoms with Gasteiger partial charge in [-0.05, 0) is 18.6 Å². The highest BCUT2D eigenvalue weighted by molar-refractivity contribution is 8.01. The quantitative estimate of drug-likeness (QED) is 0.0498. The standard InChI is InChI=1S/C28H24ClN9O8S4/c1-12-20(17(36-46-12)14-4-2-3-5-15(14)29)37(28(43)44)6-7-45-35-18(16-10-48-26(30)32-16)22(39)33-19-23(40)38-21(25(41)42)13(8-47-24(19)38)9-49-27-34-31-11-50-27/h2-5,10-11,19,24H,6-9H2,1H3,(H2,30,32)(H,33,39)(H,41,42)(H,43,44)/t19?,24-/m0/s1. The second-order valence-corrected chi connectivity index (χ2v) is 14.8. The Balaban J connectivity index is 1.16. The van der Waals surface area contributed by atoms with E-state index in [9.17, 15) is 29.4 Å². The number of benzene rings is 1. The van der Waals surface area contributed by atoms with Gasteiger partial charge < -0.3 is 30.6 Å². The van der Waals surface area contributed by atoms with Crippen LogP contribution in [0.5, 0.6) is 0 Å². The molecule has 0 radical (unpaired) electrons. The summed E-state index contributed by atoms with van der Waals surface area (Å²) in [6.07, 6.45) is -1.34. The van der Waals surface area contributed by atoms with E-state index in [0.717, 1.165) is 21.1 Å². The Bertz CT molecular complexity index is 2020. The maximum atomic E-state index is 13.5. The van der Waals surface area contributed by atoms with Crippen LogP contribution in [0.2, 0.25) is 5.02 Å². The number of thiazole rings is 1. The third-order valence-electron chi connectivity index (χ3n) is 7.25. The number of thioether (sulfide) groups is 2. The number of aryl methyl sites for hydroxylation is 1. The first-order valence-corrected chi connectivity index (χ1v) is 18.4. The number of rotatable bonds is 13. The summed E-state index contributed by atoms with van der Waals surface area (Å²) in [7, 11) is 0. The topological polar surface area (TPSA) is 240 Å². The minimum Gasteiger partial charge on any atom is -0.477 e. The van der Waals surface area contributed by atoms with Crippen LogP contribution in [0, 0.1) is 6.92 Å². The van der Waals surface area contributed by atoms with E-state index in [4.69, 9.17) is 26.7 Å². The van der Waals surface area contributed by atoms with Gasteiger partial charge in [-0.3, -0.25) is 19.4 Å². The minimum atomic E-state index is -1.34. The molecule has 1 unspecified atom stereocenters. The van der Waals surface area contributed by atoms with Crippen molar-refractivity contribution in [2.75, 3.05) is 35.3 Å². The number of β-lactam (4-membered cyclic amide) rings is 1. The molecule has 2 aliphatic rings. The van der Waals surface area contributed by atoms with Crippen molar-refractivity contribution in [2.24, 2.45) is 5.16 Å². The normalized spacial score (nSPS) is 17.3. The average molecular weight is 778 g/mol. The number of nitrogens with zero attached hydrogens (tertiary/aromatic N) is 7. The average Bonchev–Trinajstić information content (AvgIpc) is 3.86. The Labute approximate surface area is 303 Å². The van der Waals surface area contributed by atoms with Crippen molar-refractivity contribution in [1.82, 2.24) is 30.6 Å². The molecule has 1 aromatic carbocycles. The third-order valence-corrected chi connectivity index (χ3v) is 11.5. The molecular weight excluding hydrogens is 754 g/mol. The molecule has 6 rings (SSSR count). The number of nitrogens with two attached hydrogens (primary N) is 1. The van der Waals surface area contributed by atoms with E-state index < -0.39 is 35.3 Å². The van der Waals surface area contributed by atoms with E-state index >= 15 is 0 Å². The summed E-state index contributed by atoms with van der Waals surface area (Å²) < 4.78 is 5.96. The number of carboxylic acid groups (broad SMARTS) is 2. The number of anilines is 2. The van der Waals surface area contributed by atoms with Crippen LogP contribution in [0.25, 0.3) is 11.3 Å². The van der Waals surface area contributed by atoms with Crippen LogP contribution in [0.4, 0.5) is 15.6 Å². The monoisotopic (exact) mass is 777 g/mol. The Morgan fingerprint density at radius 3 is 2.76 bits per heavy atom. The molecule has 4 aromatic rings. The molecule has 2 aliphatic heterocycles. The van der Waals surface area contributed by atoms with Gasteiger partial charge in [0.1, 0.15) is 46.3 Å². The molecular formula is C28H24ClN9O8S4. The number of hydrogen-bond donors (Lipinski definition) is 4. The predicted octanol–water partition coefficient (Wildman–Crippen LogP) is 3.63. The molecule has 5 heterocycles. The second kappa shape index (κ2) is 15.0. The summed E-state index contributed by atoms with van der Waals surface area (Å²) >= 11 is 11.3. The van der Waals surface area contributed by atoms with E-state index in [1.165, 1.54) is 40.2 Å². The first-order chi connectivity index (χ1) is 24.0. The van der Waals surface area contributed by atoms with E-state index in [2.05, 4.69) is 30.8 Å². The number of nitrogens with one attached hydrogen (secondary N) is 1. The van der Waals surface area contributed by atoms with Gasteiger partial charge in [0.25, 0.3) is 11.8 Å². The van der Waals surface area contributed by atoms with Crippen molar-refractivity contribution in [1.29, 1.82) is 0 Å². The van der Waals surface area contributed by atoms with Crippen molar-refractivity contribution >= 4 is 98.2 Å². The predicted molar refractivity (Wildman–Crippen MR) is 186 cm³/mol.